The molecule has 0 aliphatic carbocycles. The summed E-state index contributed by atoms with van der Waals surface area (Å²) in [4.78, 5) is 16.7. The first-order valence-corrected chi connectivity index (χ1v) is 8.49. The number of piperazine rings is 1. The summed E-state index contributed by atoms with van der Waals surface area (Å²) in [5, 5.41) is 2.75. The second-order valence-electron chi connectivity index (χ2n) is 6.38. The molecule has 27 heavy (non-hydrogen) atoms. The molecule has 0 saturated carbocycles. The van der Waals surface area contributed by atoms with Crippen LogP contribution < -0.4 is 10.1 Å². The van der Waals surface area contributed by atoms with E-state index in [0.717, 1.165) is 12.1 Å². The van der Waals surface area contributed by atoms with Crippen molar-refractivity contribution in [1.29, 1.82) is 0 Å². The summed E-state index contributed by atoms with van der Waals surface area (Å²) in [6.45, 7) is 2.00. The number of hydrogen-bond donors (Lipinski definition) is 1. The van der Waals surface area contributed by atoms with E-state index in [-0.39, 0.29) is 17.8 Å². The van der Waals surface area contributed by atoms with Gasteiger partial charge in [0.05, 0.1) is 6.04 Å². The molecule has 1 saturated heterocycles. The van der Waals surface area contributed by atoms with Gasteiger partial charge in [-0.1, -0.05) is 30.3 Å². The summed E-state index contributed by atoms with van der Waals surface area (Å²) in [5.74, 6) is -0.331. The number of ether oxygens (including phenoxy) is 1. The van der Waals surface area contributed by atoms with Crippen molar-refractivity contribution in [3.63, 3.8) is 0 Å². The van der Waals surface area contributed by atoms with Crippen molar-refractivity contribution in [2.75, 3.05) is 32.0 Å². The molecule has 2 aromatic rings. The molecular formula is C19H20F3N3O2. The summed E-state index contributed by atoms with van der Waals surface area (Å²) in [6.07, 6.45) is -4.74. The van der Waals surface area contributed by atoms with Crippen LogP contribution >= 0.6 is 0 Å². The average Bonchev–Trinajstić information content (AvgIpc) is 2.63. The Hall–Kier alpha value is -2.74. The normalized spacial score (nSPS) is 18.2. The Labute approximate surface area is 155 Å². The van der Waals surface area contributed by atoms with Crippen LogP contribution in [0.3, 0.4) is 0 Å². The number of rotatable bonds is 3. The lowest BCUT2D eigenvalue weighted by Crippen LogP contribution is -2.50. The first-order valence-electron chi connectivity index (χ1n) is 8.49. The van der Waals surface area contributed by atoms with Crippen LogP contribution in [0.15, 0.2) is 54.6 Å². The lowest BCUT2D eigenvalue weighted by Gasteiger charge is -2.40. The number of nitrogens with zero attached hydrogens (tertiary/aromatic N) is 2. The predicted molar refractivity (Wildman–Crippen MR) is 95.5 cm³/mol. The van der Waals surface area contributed by atoms with Gasteiger partial charge >= 0.3 is 12.4 Å². The first-order chi connectivity index (χ1) is 12.8. The Bertz CT molecular complexity index is 766. The SMILES string of the molecule is CN1CCN(C(=O)Nc2ccc(OC(F)(F)F)cc2)[C@@H](c2ccccc2)C1. The van der Waals surface area contributed by atoms with Crippen molar-refractivity contribution in [2.45, 2.75) is 12.4 Å². The zero-order chi connectivity index (χ0) is 19.4. The number of likely N-dealkylation sites (N-methyl/N-ethyl adjacent to an activating group) is 1. The molecule has 2 aromatic carbocycles. The largest absolute Gasteiger partial charge is 0.573 e. The van der Waals surface area contributed by atoms with E-state index < -0.39 is 6.36 Å². The van der Waals surface area contributed by atoms with Gasteiger partial charge in [-0.3, -0.25) is 0 Å². The molecule has 1 heterocycles. The van der Waals surface area contributed by atoms with Gasteiger partial charge in [0.25, 0.3) is 0 Å². The van der Waals surface area contributed by atoms with E-state index in [1.165, 1.54) is 24.3 Å². The number of carbonyl (C=O) groups excluding carboxylic acids is 1. The van der Waals surface area contributed by atoms with Crippen molar-refractivity contribution < 1.29 is 22.7 Å². The molecule has 2 amide bonds. The first kappa shape index (κ1) is 19.0. The van der Waals surface area contributed by atoms with Crippen molar-refractivity contribution in [3.05, 3.63) is 60.2 Å². The predicted octanol–water partition coefficient (Wildman–Crippen LogP) is 4.11. The highest BCUT2D eigenvalue weighted by molar-refractivity contribution is 5.89. The Morgan fingerprint density at radius 3 is 2.37 bits per heavy atom. The van der Waals surface area contributed by atoms with E-state index in [1.807, 2.05) is 37.4 Å². The lowest BCUT2D eigenvalue weighted by atomic mass is 10.0. The number of halogens is 3. The highest BCUT2D eigenvalue weighted by Crippen LogP contribution is 2.27. The Balaban J connectivity index is 1.70. The molecular weight excluding hydrogens is 359 g/mol. The van der Waals surface area contributed by atoms with Gasteiger partial charge in [-0.2, -0.15) is 0 Å². The third kappa shape index (κ3) is 5.13. The minimum Gasteiger partial charge on any atom is -0.406 e. The summed E-state index contributed by atoms with van der Waals surface area (Å²) in [7, 11) is 2.00. The van der Waals surface area contributed by atoms with Crippen LogP contribution in [0.5, 0.6) is 5.75 Å². The molecule has 1 atom stereocenters. The third-order valence-corrected chi connectivity index (χ3v) is 4.37. The fourth-order valence-corrected chi connectivity index (χ4v) is 3.06. The highest BCUT2D eigenvalue weighted by Gasteiger charge is 2.32. The molecule has 8 heteroatoms. The zero-order valence-electron chi connectivity index (χ0n) is 14.7. The van der Waals surface area contributed by atoms with Gasteiger partial charge in [0.2, 0.25) is 0 Å². The molecule has 1 aliphatic rings. The molecule has 0 unspecified atom stereocenters. The minimum atomic E-state index is -4.74. The van der Waals surface area contributed by atoms with Crippen molar-refractivity contribution in [3.8, 4) is 5.75 Å². The number of anilines is 1. The maximum Gasteiger partial charge on any atom is 0.573 e. The number of benzene rings is 2. The van der Waals surface area contributed by atoms with Crippen LogP contribution in [-0.4, -0.2) is 48.9 Å². The van der Waals surface area contributed by atoms with Gasteiger partial charge in [-0.15, -0.1) is 13.2 Å². The second-order valence-corrected chi connectivity index (χ2v) is 6.38. The molecule has 0 bridgehead atoms. The Morgan fingerprint density at radius 2 is 1.74 bits per heavy atom. The van der Waals surface area contributed by atoms with Gasteiger partial charge in [0.15, 0.2) is 0 Å². The zero-order valence-corrected chi connectivity index (χ0v) is 14.7. The molecule has 5 nitrogen and oxygen atoms in total. The summed E-state index contributed by atoms with van der Waals surface area (Å²) in [5.41, 5.74) is 1.44. The van der Waals surface area contributed by atoms with Gasteiger partial charge in [-0.05, 0) is 36.9 Å². The standard InChI is InChI=1S/C19H20F3N3O2/c1-24-11-12-25(17(13-24)14-5-3-2-4-6-14)18(26)23-15-7-9-16(10-8-15)27-19(20,21)22/h2-10,17H,11-13H2,1H3,(H,23,26)/t17-/m1/s1. The molecule has 0 spiro atoms. The van der Waals surface area contributed by atoms with Crippen LogP contribution in [0.25, 0.3) is 0 Å². The topological polar surface area (TPSA) is 44.8 Å². The molecule has 3 rings (SSSR count). The number of urea groups is 1. The van der Waals surface area contributed by atoms with Gasteiger partial charge in [0.1, 0.15) is 5.75 Å². The number of carbonyl (C=O) groups is 1. The molecule has 1 fully saturated rings. The quantitative estimate of drug-likeness (QED) is 0.873. The maximum atomic E-state index is 12.8. The van der Waals surface area contributed by atoms with E-state index >= 15 is 0 Å². The molecule has 1 N–H and O–H groups in total. The van der Waals surface area contributed by atoms with E-state index in [1.54, 1.807) is 4.90 Å². The van der Waals surface area contributed by atoms with E-state index in [9.17, 15) is 18.0 Å². The summed E-state index contributed by atoms with van der Waals surface area (Å²) in [6, 6.07) is 14.5. The molecule has 0 aromatic heterocycles. The van der Waals surface area contributed by atoms with Crippen LogP contribution in [-0.2, 0) is 0 Å². The monoisotopic (exact) mass is 379 g/mol. The van der Waals surface area contributed by atoms with Gasteiger partial charge < -0.3 is 19.9 Å². The van der Waals surface area contributed by atoms with Crippen LogP contribution in [0.2, 0.25) is 0 Å². The average molecular weight is 379 g/mol. The van der Waals surface area contributed by atoms with Crippen molar-refractivity contribution in [2.24, 2.45) is 0 Å². The Kier molecular flexibility index (Phi) is 5.55. The van der Waals surface area contributed by atoms with Gasteiger partial charge in [0, 0.05) is 25.3 Å². The molecule has 1 aliphatic heterocycles. The lowest BCUT2D eigenvalue weighted by molar-refractivity contribution is -0.274. The third-order valence-electron chi connectivity index (χ3n) is 4.37. The fraction of sp³-hybridized carbons (Fsp3) is 0.316. The van der Waals surface area contributed by atoms with Crippen LogP contribution in [0, 0.1) is 0 Å². The highest BCUT2D eigenvalue weighted by atomic mass is 19.4. The number of alkyl halides is 3. The minimum absolute atomic E-state index is 0.0993. The number of nitrogens with one attached hydrogen (secondary N) is 1. The number of amides is 2. The molecule has 144 valence electrons. The van der Waals surface area contributed by atoms with Crippen molar-refractivity contribution >= 4 is 11.7 Å². The summed E-state index contributed by atoms with van der Waals surface area (Å²) < 4.78 is 40.5. The smallest absolute Gasteiger partial charge is 0.406 e. The van der Waals surface area contributed by atoms with Crippen LogP contribution in [0.1, 0.15) is 11.6 Å². The Morgan fingerprint density at radius 1 is 1.07 bits per heavy atom. The van der Waals surface area contributed by atoms with Crippen molar-refractivity contribution in [1.82, 2.24) is 9.80 Å². The van der Waals surface area contributed by atoms with E-state index in [2.05, 4.69) is 15.0 Å². The second kappa shape index (κ2) is 7.87. The fourth-order valence-electron chi connectivity index (χ4n) is 3.06. The van der Waals surface area contributed by atoms with E-state index in [4.69, 9.17) is 0 Å². The number of hydrogen-bond acceptors (Lipinski definition) is 3. The summed E-state index contributed by atoms with van der Waals surface area (Å²) >= 11 is 0. The van der Waals surface area contributed by atoms with Gasteiger partial charge in [-0.25, -0.2) is 4.79 Å². The molecule has 0 radical (unpaired) electrons. The van der Waals surface area contributed by atoms with Crippen LogP contribution in [0.4, 0.5) is 23.7 Å². The maximum absolute atomic E-state index is 12.8. The van der Waals surface area contributed by atoms with E-state index in [0.29, 0.717) is 18.8 Å².